The summed E-state index contributed by atoms with van der Waals surface area (Å²) in [5, 5.41) is 3.61. The molecule has 1 unspecified atom stereocenters. The van der Waals surface area contributed by atoms with Gasteiger partial charge in [0.25, 0.3) is 0 Å². The normalized spacial score (nSPS) is 20.2. The number of hydrogen-bond donors (Lipinski definition) is 1. The Labute approximate surface area is 102 Å². The van der Waals surface area contributed by atoms with Crippen molar-refractivity contribution in [3.05, 3.63) is 0 Å². The van der Waals surface area contributed by atoms with Crippen LogP contribution in [-0.4, -0.2) is 37.1 Å². The van der Waals surface area contributed by atoms with Crippen molar-refractivity contribution in [3.63, 3.8) is 0 Å². The number of nitrogens with one attached hydrogen (secondary N) is 1. The van der Waals surface area contributed by atoms with Gasteiger partial charge in [-0.25, -0.2) is 0 Å². The number of likely N-dealkylation sites (N-methyl/N-ethyl adjacent to an activating group) is 2. The Morgan fingerprint density at radius 1 is 1.19 bits per heavy atom. The minimum atomic E-state index is 0.696. The van der Waals surface area contributed by atoms with Crippen molar-refractivity contribution >= 4 is 0 Å². The van der Waals surface area contributed by atoms with Gasteiger partial charge in [0.05, 0.1) is 0 Å². The molecule has 1 saturated carbocycles. The van der Waals surface area contributed by atoms with E-state index in [-0.39, 0.29) is 0 Å². The Morgan fingerprint density at radius 2 is 1.88 bits per heavy atom. The van der Waals surface area contributed by atoms with E-state index in [2.05, 4.69) is 31.1 Å². The predicted molar refractivity (Wildman–Crippen MR) is 71.9 cm³/mol. The van der Waals surface area contributed by atoms with E-state index < -0.39 is 0 Å². The van der Waals surface area contributed by atoms with Crippen LogP contribution < -0.4 is 5.32 Å². The van der Waals surface area contributed by atoms with E-state index >= 15 is 0 Å². The zero-order valence-corrected chi connectivity index (χ0v) is 11.5. The first-order valence-corrected chi connectivity index (χ1v) is 7.21. The third kappa shape index (κ3) is 4.84. The van der Waals surface area contributed by atoms with E-state index in [1.807, 2.05) is 0 Å². The van der Waals surface area contributed by atoms with Crippen LogP contribution in [-0.2, 0) is 0 Å². The van der Waals surface area contributed by atoms with Crippen LogP contribution in [0.3, 0.4) is 0 Å². The van der Waals surface area contributed by atoms with Gasteiger partial charge in [-0.1, -0.05) is 39.5 Å². The van der Waals surface area contributed by atoms with Gasteiger partial charge in [0.2, 0.25) is 0 Å². The van der Waals surface area contributed by atoms with E-state index in [1.165, 1.54) is 51.5 Å². The van der Waals surface area contributed by atoms with Crippen molar-refractivity contribution in [1.29, 1.82) is 0 Å². The van der Waals surface area contributed by atoms with Crippen molar-refractivity contribution in [3.8, 4) is 0 Å². The summed E-state index contributed by atoms with van der Waals surface area (Å²) >= 11 is 0. The number of rotatable bonds is 7. The van der Waals surface area contributed by atoms with Crippen LogP contribution in [0.2, 0.25) is 0 Å². The summed E-state index contributed by atoms with van der Waals surface area (Å²) in [7, 11) is 2.32. The lowest BCUT2D eigenvalue weighted by Crippen LogP contribution is -2.44. The molecule has 0 radical (unpaired) electrons. The van der Waals surface area contributed by atoms with E-state index in [9.17, 15) is 0 Å². The van der Waals surface area contributed by atoms with Gasteiger partial charge in [0.1, 0.15) is 0 Å². The molecule has 1 rings (SSSR count). The second kappa shape index (κ2) is 8.08. The quantitative estimate of drug-likeness (QED) is 0.718. The Balaban J connectivity index is 2.30. The van der Waals surface area contributed by atoms with Crippen LogP contribution >= 0.6 is 0 Å². The van der Waals surface area contributed by atoms with E-state index in [1.54, 1.807) is 0 Å². The van der Waals surface area contributed by atoms with Gasteiger partial charge in [-0.05, 0) is 32.9 Å². The zero-order valence-electron chi connectivity index (χ0n) is 11.5. The highest BCUT2D eigenvalue weighted by atomic mass is 15.2. The smallest absolute Gasteiger partial charge is 0.0194 e. The summed E-state index contributed by atoms with van der Waals surface area (Å²) in [5.74, 6) is 0. The van der Waals surface area contributed by atoms with Crippen molar-refractivity contribution in [2.75, 3.05) is 20.1 Å². The van der Waals surface area contributed by atoms with Gasteiger partial charge >= 0.3 is 0 Å². The summed E-state index contributed by atoms with van der Waals surface area (Å²) in [6.07, 6.45) is 9.77. The SMILES string of the molecule is CCCC(CN(C)C1CCCCC1)NCC. The minimum absolute atomic E-state index is 0.696. The highest BCUT2D eigenvalue weighted by molar-refractivity contribution is 4.77. The van der Waals surface area contributed by atoms with Crippen molar-refractivity contribution in [2.45, 2.75) is 70.9 Å². The Morgan fingerprint density at radius 3 is 2.44 bits per heavy atom. The van der Waals surface area contributed by atoms with Crippen molar-refractivity contribution in [1.82, 2.24) is 10.2 Å². The molecule has 0 amide bonds. The van der Waals surface area contributed by atoms with Crippen molar-refractivity contribution < 1.29 is 0 Å². The molecule has 2 nitrogen and oxygen atoms in total. The summed E-state index contributed by atoms with van der Waals surface area (Å²) in [6, 6.07) is 1.55. The molecule has 0 aliphatic heterocycles. The molecule has 1 fully saturated rings. The van der Waals surface area contributed by atoms with Crippen LogP contribution in [0.1, 0.15) is 58.8 Å². The van der Waals surface area contributed by atoms with E-state index in [0.29, 0.717) is 6.04 Å². The lowest BCUT2D eigenvalue weighted by Gasteiger charge is -2.34. The first-order chi connectivity index (χ1) is 7.77. The second-order valence-electron chi connectivity index (χ2n) is 5.27. The fraction of sp³-hybridized carbons (Fsp3) is 1.00. The minimum Gasteiger partial charge on any atom is -0.313 e. The van der Waals surface area contributed by atoms with Crippen LogP contribution in [0.5, 0.6) is 0 Å². The molecule has 0 aromatic rings. The second-order valence-corrected chi connectivity index (χ2v) is 5.27. The first-order valence-electron chi connectivity index (χ1n) is 7.21. The molecule has 0 bridgehead atoms. The molecule has 1 aliphatic carbocycles. The molecular formula is C14H30N2. The highest BCUT2D eigenvalue weighted by Gasteiger charge is 2.20. The molecule has 1 atom stereocenters. The fourth-order valence-electron chi connectivity index (χ4n) is 2.91. The maximum absolute atomic E-state index is 3.61. The van der Waals surface area contributed by atoms with Gasteiger partial charge in [-0.3, -0.25) is 0 Å². The largest absolute Gasteiger partial charge is 0.313 e. The van der Waals surface area contributed by atoms with Crippen LogP contribution in [0.15, 0.2) is 0 Å². The van der Waals surface area contributed by atoms with Gasteiger partial charge < -0.3 is 10.2 Å². The van der Waals surface area contributed by atoms with Crippen LogP contribution in [0.25, 0.3) is 0 Å². The molecular weight excluding hydrogens is 196 g/mol. The molecule has 0 spiro atoms. The van der Waals surface area contributed by atoms with Gasteiger partial charge in [-0.2, -0.15) is 0 Å². The van der Waals surface area contributed by atoms with Crippen molar-refractivity contribution in [2.24, 2.45) is 0 Å². The summed E-state index contributed by atoms with van der Waals surface area (Å²) < 4.78 is 0. The van der Waals surface area contributed by atoms with Crippen LogP contribution in [0, 0.1) is 0 Å². The molecule has 1 N–H and O–H groups in total. The summed E-state index contributed by atoms with van der Waals surface area (Å²) in [5.41, 5.74) is 0. The molecule has 0 aromatic heterocycles. The Kier molecular flexibility index (Phi) is 7.06. The maximum Gasteiger partial charge on any atom is 0.0194 e. The third-order valence-corrected chi connectivity index (χ3v) is 3.84. The monoisotopic (exact) mass is 226 g/mol. The first kappa shape index (κ1) is 14.0. The van der Waals surface area contributed by atoms with Gasteiger partial charge in [0.15, 0.2) is 0 Å². The molecule has 2 heteroatoms. The zero-order chi connectivity index (χ0) is 11.8. The molecule has 96 valence electrons. The highest BCUT2D eigenvalue weighted by Crippen LogP contribution is 2.21. The Hall–Kier alpha value is -0.0800. The van der Waals surface area contributed by atoms with Gasteiger partial charge in [0, 0.05) is 18.6 Å². The average molecular weight is 226 g/mol. The lowest BCUT2D eigenvalue weighted by molar-refractivity contribution is 0.172. The molecule has 1 aliphatic rings. The number of nitrogens with zero attached hydrogens (tertiary/aromatic N) is 1. The fourth-order valence-corrected chi connectivity index (χ4v) is 2.91. The molecule has 16 heavy (non-hydrogen) atoms. The summed E-state index contributed by atoms with van der Waals surface area (Å²) in [4.78, 5) is 2.60. The summed E-state index contributed by atoms with van der Waals surface area (Å²) in [6.45, 7) is 6.82. The predicted octanol–water partition coefficient (Wildman–Crippen LogP) is 3.03. The average Bonchev–Trinajstić information content (AvgIpc) is 2.31. The van der Waals surface area contributed by atoms with E-state index in [0.717, 1.165) is 12.6 Å². The topological polar surface area (TPSA) is 15.3 Å². The lowest BCUT2D eigenvalue weighted by atomic mass is 9.94. The maximum atomic E-state index is 3.61. The third-order valence-electron chi connectivity index (χ3n) is 3.84. The molecule has 0 saturated heterocycles. The number of hydrogen-bond acceptors (Lipinski definition) is 2. The standard InChI is InChI=1S/C14H30N2/c1-4-9-13(15-5-2)12-16(3)14-10-7-6-8-11-14/h13-15H,4-12H2,1-3H3. The Bertz CT molecular complexity index is 158. The van der Waals surface area contributed by atoms with Crippen LogP contribution in [0.4, 0.5) is 0 Å². The van der Waals surface area contributed by atoms with E-state index in [4.69, 9.17) is 0 Å². The molecule has 0 heterocycles. The molecule has 0 aromatic carbocycles. The van der Waals surface area contributed by atoms with Gasteiger partial charge in [-0.15, -0.1) is 0 Å².